The Balaban J connectivity index is 1.68. The van der Waals surface area contributed by atoms with E-state index in [-0.39, 0.29) is 30.4 Å². The Morgan fingerprint density at radius 3 is 2.71 bits per heavy atom. The average molecular weight is 427 g/mol. The van der Waals surface area contributed by atoms with Gasteiger partial charge in [-0.15, -0.1) is 0 Å². The summed E-state index contributed by atoms with van der Waals surface area (Å²) in [5.74, 6) is 0.309. The standard InChI is InChI=1S/C22H26FN5O3/c1-5-31-19(29)11-24-17-6-12(2)28-18-7-14(15(23)8-16(18)27-20(17)28)13-9-25-21(26-10-13)22(3,4)30/h7-10,12,17,24,30H,5-6,11H2,1-4H3/t12-,17+/m0/s1. The number of ether oxygens (including phenoxy) is 1. The average Bonchev–Trinajstić information content (AvgIpc) is 3.22. The predicted molar refractivity (Wildman–Crippen MR) is 113 cm³/mol. The van der Waals surface area contributed by atoms with E-state index in [1.807, 2.05) is 0 Å². The van der Waals surface area contributed by atoms with Crippen LogP contribution in [0.5, 0.6) is 0 Å². The Hall–Kier alpha value is -2.91. The molecule has 0 unspecified atom stereocenters. The number of hydrogen-bond acceptors (Lipinski definition) is 7. The third-order valence-corrected chi connectivity index (χ3v) is 5.44. The lowest BCUT2D eigenvalue weighted by Crippen LogP contribution is -2.28. The van der Waals surface area contributed by atoms with Crippen LogP contribution in [0.4, 0.5) is 4.39 Å². The molecule has 9 heteroatoms. The molecule has 1 aliphatic heterocycles. The van der Waals surface area contributed by atoms with Crippen molar-refractivity contribution in [3.05, 3.63) is 42.0 Å². The third kappa shape index (κ3) is 4.03. The highest BCUT2D eigenvalue weighted by Crippen LogP contribution is 2.39. The summed E-state index contributed by atoms with van der Waals surface area (Å²) in [5, 5.41) is 13.2. The summed E-state index contributed by atoms with van der Waals surface area (Å²) in [5.41, 5.74) is 1.08. The summed E-state index contributed by atoms with van der Waals surface area (Å²) in [7, 11) is 0. The first-order valence-electron chi connectivity index (χ1n) is 10.3. The number of nitrogens with one attached hydrogen (secondary N) is 1. The summed E-state index contributed by atoms with van der Waals surface area (Å²) in [6.07, 6.45) is 3.80. The maximum Gasteiger partial charge on any atom is 0.319 e. The molecule has 0 amide bonds. The summed E-state index contributed by atoms with van der Waals surface area (Å²) in [6, 6.07) is 3.18. The lowest BCUT2D eigenvalue weighted by Gasteiger charge is -2.15. The van der Waals surface area contributed by atoms with Crippen molar-refractivity contribution in [1.82, 2.24) is 24.8 Å². The molecule has 1 aliphatic rings. The molecular weight excluding hydrogens is 401 g/mol. The van der Waals surface area contributed by atoms with Crippen molar-refractivity contribution in [3.8, 4) is 11.1 Å². The number of carbonyl (C=O) groups is 1. The van der Waals surface area contributed by atoms with Crippen LogP contribution in [-0.2, 0) is 15.1 Å². The highest BCUT2D eigenvalue weighted by atomic mass is 19.1. The van der Waals surface area contributed by atoms with Crippen LogP contribution < -0.4 is 5.32 Å². The molecule has 0 fully saturated rings. The number of aromatic nitrogens is 4. The van der Waals surface area contributed by atoms with E-state index in [9.17, 15) is 14.3 Å². The molecule has 0 saturated carbocycles. The number of rotatable bonds is 6. The molecule has 0 bridgehead atoms. The fourth-order valence-corrected chi connectivity index (χ4v) is 3.99. The van der Waals surface area contributed by atoms with Gasteiger partial charge in [0.25, 0.3) is 0 Å². The van der Waals surface area contributed by atoms with Gasteiger partial charge in [0.2, 0.25) is 0 Å². The SMILES string of the molecule is CCOC(=O)CN[C@@H]1C[C@H](C)n2c1nc1cc(F)c(-c3cnc(C(C)(C)O)nc3)cc12. The maximum absolute atomic E-state index is 14.9. The van der Waals surface area contributed by atoms with Gasteiger partial charge in [-0.25, -0.2) is 19.3 Å². The topological polar surface area (TPSA) is 102 Å². The molecule has 8 nitrogen and oxygen atoms in total. The van der Waals surface area contributed by atoms with Crippen LogP contribution in [0.1, 0.15) is 57.8 Å². The van der Waals surface area contributed by atoms with Crippen molar-refractivity contribution in [3.63, 3.8) is 0 Å². The van der Waals surface area contributed by atoms with E-state index in [0.717, 1.165) is 17.8 Å². The molecule has 164 valence electrons. The number of fused-ring (bicyclic) bond motifs is 3. The Morgan fingerprint density at radius 2 is 2.06 bits per heavy atom. The summed E-state index contributed by atoms with van der Waals surface area (Å²) < 4.78 is 22.0. The molecule has 4 rings (SSSR count). The van der Waals surface area contributed by atoms with Gasteiger partial charge in [0.05, 0.1) is 30.2 Å². The molecule has 3 aromatic rings. The van der Waals surface area contributed by atoms with Gasteiger partial charge < -0.3 is 14.4 Å². The van der Waals surface area contributed by atoms with Crippen molar-refractivity contribution >= 4 is 17.0 Å². The van der Waals surface area contributed by atoms with Crippen molar-refractivity contribution in [2.75, 3.05) is 13.2 Å². The number of carbonyl (C=O) groups excluding carboxylic acids is 1. The van der Waals surface area contributed by atoms with E-state index in [2.05, 4.69) is 31.8 Å². The van der Waals surface area contributed by atoms with E-state index in [1.54, 1.807) is 26.8 Å². The van der Waals surface area contributed by atoms with E-state index < -0.39 is 11.4 Å². The Kier molecular flexibility index (Phi) is 5.49. The van der Waals surface area contributed by atoms with E-state index >= 15 is 0 Å². The summed E-state index contributed by atoms with van der Waals surface area (Å²) >= 11 is 0. The second-order valence-electron chi connectivity index (χ2n) is 8.34. The third-order valence-electron chi connectivity index (χ3n) is 5.44. The molecule has 0 saturated heterocycles. The number of esters is 1. The zero-order chi connectivity index (χ0) is 22.3. The van der Waals surface area contributed by atoms with Gasteiger partial charge in [0, 0.05) is 35.6 Å². The minimum atomic E-state index is -1.17. The normalized spacial score (nSPS) is 18.4. The Morgan fingerprint density at radius 1 is 1.35 bits per heavy atom. The van der Waals surface area contributed by atoms with Crippen LogP contribution in [-0.4, -0.2) is 43.7 Å². The smallest absolute Gasteiger partial charge is 0.319 e. The van der Waals surface area contributed by atoms with Gasteiger partial charge in [0.1, 0.15) is 17.2 Å². The first-order chi connectivity index (χ1) is 14.7. The molecule has 3 heterocycles. The predicted octanol–water partition coefficient (Wildman–Crippen LogP) is 3.02. The Labute approximate surface area is 179 Å². The quantitative estimate of drug-likeness (QED) is 0.583. The number of aliphatic hydroxyl groups is 1. The van der Waals surface area contributed by atoms with Crippen LogP contribution in [0.2, 0.25) is 0 Å². The highest BCUT2D eigenvalue weighted by molar-refractivity contribution is 5.83. The number of nitrogens with zero attached hydrogens (tertiary/aromatic N) is 4. The first kappa shape index (κ1) is 21.3. The fourth-order valence-electron chi connectivity index (χ4n) is 3.99. The zero-order valence-electron chi connectivity index (χ0n) is 18.0. The van der Waals surface area contributed by atoms with E-state index in [0.29, 0.717) is 23.3 Å². The number of halogens is 1. The largest absolute Gasteiger partial charge is 0.465 e. The van der Waals surface area contributed by atoms with Gasteiger partial charge in [-0.05, 0) is 40.2 Å². The monoisotopic (exact) mass is 427 g/mol. The van der Waals surface area contributed by atoms with Crippen LogP contribution >= 0.6 is 0 Å². The van der Waals surface area contributed by atoms with Gasteiger partial charge in [-0.3, -0.25) is 10.1 Å². The second-order valence-corrected chi connectivity index (χ2v) is 8.34. The second kappa shape index (κ2) is 7.97. The van der Waals surface area contributed by atoms with Gasteiger partial charge in [-0.2, -0.15) is 0 Å². The molecular formula is C22H26FN5O3. The van der Waals surface area contributed by atoms with Crippen LogP contribution in [0.3, 0.4) is 0 Å². The van der Waals surface area contributed by atoms with Crippen LogP contribution in [0.15, 0.2) is 24.5 Å². The van der Waals surface area contributed by atoms with Crippen molar-refractivity contribution in [1.29, 1.82) is 0 Å². The molecule has 0 aliphatic carbocycles. The van der Waals surface area contributed by atoms with Crippen LogP contribution in [0.25, 0.3) is 22.2 Å². The lowest BCUT2D eigenvalue weighted by atomic mass is 10.1. The Bertz CT molecular complexity index is 1120. The molecule has 0 radical (unpaired) electrons. The summed E-state index contributed by atoms with van der Waals surface area (Å²) in [6.45, 7) is 7.46. The number of benzene rings is 1. The maximum atomic E-state index is 14.9. The molecule has 2 N–H and O–H groups in total. The zero-order valence-corrected chi connectivity index (χ0v) is 18.0. The minimum absolute atomic E-state index is 0.0962. The molecule has 31 heavy (non-hydrogen) atoms. The van der Waals surface area contributed by atoms with Crippen LogP contribution in [0, 0.1) is 5.82 Å². The lowest BCUT2D eigenvalue weighted by molar-refractivity contribution is -0.142. The summed E-state index contributed by atoms with van der Waals surface area (Å²) in [4.78, 5) is 24.7. The molecule has 2 aromatic heterocycles. The number of imidazole rings is 1. The first-order valence-corrected chi connectivity index (χ1v) is 10.3. The minimum Gasteiger partial charge on any atom is -0.465 e. The van der Waals surface area contributed by atoms with Gasteiger partial charge in [-0.1, -0.05) is 0 Å². The molecule has 2 atom stereocenters. The van der Waals surface area contributed by atoms with Gasteiger partial charge >= 0.3 is 5.97 Å². The van der Waals surface area contributed by atoms with E-state index in [1.165, 1.54) is 18.5 Å². The molecule has 1 aromatic carbocycles. The van der Waals surface area contributed by atoms with Crippen molar-refractivity contribution in [2.45, 2.75) is 51.8 Å². The van der Waals surface area contributed by atoms with E-state index in [4.69, 9.17) is 4.74 Å². The fraction of sp³-hybridized carbons (Fsp3) is 0.455. The number of hydrogen-bond donors (Lipinski definition) is 2. The van der Waals surface area contributed by atoms with Gasteiger partial charge in [0.15, 0.2) is 5.82 Å². The van der Waals surface area contributed by atoms with Crippen molar-refractivity contribution in [2.24, 2.45) is 0 Å². The molecule has 0 spiro atoms. The highest BCUT2D eigenvalue weighted by Gasteiger charge is 2.32. The van der Waals surface area contributed by atoms with Crippen molar-refractivity contribution < 1.29 is 19.0 Å².